The summed E-state index contributed by atoms with van der Waals surface area (Å²) in [5, 5.41) is 16.2. The molecule has 6 nitrogen and oxygen atoms in total. The van der Waals surface area contributed by atoms with Crippen LogP contribution in [0.2, 0.25) is 0 Å². The molecule has 1 spiro atoms. The Morgan fingerprint density at radius 1 is 0.941 bits per heavy atom. The predicted octanol–water partition coefficient (Wildman–Crippen LogP) is 5.07. The Bertz CT molecular complexity index is 1140. The van der Waals surface area contributed by atoms with E-state index in [0.29, 0.717) is 67.3 Å². The van der Waals surface area contributed by atoms with Crippen LogP contribution in [0.5, 0.6) is 5.75 Å². The lowest BCUT2D eigenvalue weighted by molar-refractivity contribution is -0.204. The first-order valence-electron chi connectivity index (χ1n) is 11.1. The second-order valence-electron chi connectivity index (χ2n) is 8.74. The lowest BCUT2D eigenvalue weighted by Gasteiger charge is -2.39. The SMILES string of the molecule is COc1ccc(-n2nc(C3(O)CCC4(CC3)OCCO4)cc2-c2ccc(C(F)(F)F)cc2)cc1. The fraction of sp³-hybridized carbons (Fsp3) is 0.400. The highest BCUT2D eigenvalue weighted by atomic mass is 19.4. The number of aliphatic hydroxyl groups is 1. The molecule has 0 radical (unpaired) electrons. The minimum atomic E-state index is -4.42. The van der Waals surface area contributed by atoms with E-state index in [9.17, 15) is 18.3 Å². The van der Waals surface area contributed by atoms with Crippen molar-refractivity contribution in [2.45, 2.75) is 43.2 Å². The minimum absolute atomic E-state index is 0.402. The number of hydrogen-bond donors (Lipinski definition) is 1. The van der Waals surface area contributed by atoms with Crippen LogP contribution in [0.15, 0.2) is 54.6 Å². The number of ether oxygens (including phenoxy) is 3. The third kappa shape index (κ3) is 4.19. The van der Waals surface area contributed by atoms with E-state index in [1.165, 1.54) is 12.1 Å². The molecule has 9 heteroatoms. The summed E-state index contributed by atoms with van der Waals surface area (Å²) in [4.78, 5) is 0. The highest BCUT2D eigenvalue weighted by molar-refractivity contribution is 5.64. The standard InChI is InChI=1S/C25H25F3N2O4/c1-32-20-8-6-19(7-9-20)30-21(17-2-4-18(5-3-17)25(26,27)28)16-22(29-30)23(31)10-12-24(13-11-23)33-14-15-34-24/h2-9,16,31H,10-15H2,1H3. The minimum Gasteiger partial charge on any atom is -0.497 e. The zero-order chi connectivity index (χ0) is 24.0. The Morgan fingerprint density at radius 2 is 1.56 bits per heavy atom. The second kappa shape index (κ2) is 8.41. The van der Waals surface area contributed by atoms with Crippen LogP contribution in [0.25, 0.3) is 16.9 Å². The van der Waals surface area contributed by atoms with Crippen LogP contribution >= 0.6 is 0 Å². The quantitative estimate of drug-likeness (QED) is 0.572. The summed E-state index contributed by atoms with van der Waals surface area (Å²) in [5.41, 5.74) is 0.377. The van der Waals surface area contributed by atoms with Crippen molar-refractivity contribution in [3.63, 3.8) is 0 Å². The molecule has 1 N–H and O–H groups in total. The summed E-state index contributed by atoms with van der Waals surface area (Å²) in [6.07, 6.45) is -2.54. The predicted molar refractivity (Wildman–Crippen MR) is 118 cm³/mol. The summed E-state index contributed by atoms with van der Waals surface area (Å²) in [6.45, 7) is 1.09. The van der Waals surface area contributed by atoms with Crippen LogP contribution in [0.1, 0.15) is 36.9 Å². The van der Waals surface area contributed by atoms with E-state index < -0.39 is 23.1 Å². The highest BCUT2D eigenvalue weighted by Crippen LogP contribution is 2.45. The number of halogens is 3. The van der Waals surface area contributed by atoms with Crippen molar-refractivity contribution >= 4 is 0 Å². The Kier molecular flexibility index (Phi) is 5.66. The van der Waals surface area contributed by atoms with Gasteiger partial charge in [-0.2, -0.15) is 18.3 Å². The summed E-state index contributed by atoms with van der Waals surface area (Å²) >= 11 is 0. The average molecular weight is 474 g/mol. The van der Waals surface area contributed by atoms with Crippen molar-refractivity contribution in [1.29, 1.82) is 0 Å². The van der Waals surface area contributed by atoms with Gasteiger partial charge < -0.3 is 19.3 Å². The first-order chi connectivity index (χ1) is 16.2. The molecule has 1 aromatic heterocycles. The number of nitrogens with zero attached hydrogens (tertiary/aromatic N) is 2. The van der Waals surface area contributed by atoms with E-state index in [2.05, 4.69) is 0 Å². The molecule has 180 valence electrons. The fourth-order valence-electron chi connectivity index (χ4n) is 4.65. The molecule has 0 atom stereocenters. The molecule has 2 aromatic carbocycles. The summed E-state index contributed by atoms with van der Waals surface area (Å²) in [7, 11) is 1.57. The second-order valence-corrected chi connectivity index (χ2v) is 8.74. The van der Waals surface area contributed by atoms with E-state index in [1.807, 2.05) is 12.1 Å². The molecule has 3 aromatic rings. The lowest BCUT2D eigenvalue weighted by Crippen LogP contribution is -2.42. The number of alkyl halides is 3. The van der Waals surface area contributed by atoms with Gasteiger partial charge in [0, 0.05) is 18.4 Å². The molecule has 2 heterocycles. The molecule has 0 amide bonds. The van der Waals surface area contributed by atoms with Crippen molar-refractivity contribution in [2.24, 2.45) is 0 Å². The van der Waals surface area contributed by atoms with Crippen LogP contribution in [0, 0.1) is 0 Å². The van der Waals surface area contributed by atoms with E-state index in [1.54, 1.807) is 30.0 Å². The number of methoxy groups -OCH3 is 1. The zero-order valence-corrected chi connectivity index (χ0v) is 18.6. The fourth-order valence-corrected chi connectivity index (χ4v) is 4.65. The van der Waals surface area contributed by atoms with Gasteiger partial charge in [0.15, 0.2) is 5.79 Å². The van der Waals surface area contributed by atoms with E-state index >= 15 is 0 Å². The van der Waals surface area contributed by atoms with Gasteiger partial charge in [-0.05, 0) is 55.3 Å². The van der Waals surface area contributed by atoms with Gasteiger partial charge in [0.2, 0.25) is 0 Å². The van der Waals surface area contributed by atoms with Crippen LogP contribution < -0.4 is 4.74 Å². The van der Waals surface area contributed by atoms with Gasteiger partial charge in [0.1, 0.15) is 11.4 Å². The largest absolute Gasteiger partial charge is 0.497 e. The first kappa shape index (κ1) is 22.9. The zero-order valence-electron chi connectivity index (χ0n) is 18.6. The third-order valence-corrected chi connectivity index (χ3v) is 6.66. The Labute approximate surface area is 194 Å². The summed E-state index contributed by atoms with van der Waals surface area (Å²) < 4.78 is 57.7. The Balaban J connectivity index is 1.53. The van der Waals surface area contributed by atoms with Crippen molar-refractivity contribution in [2.75, 3.05) is 20.3 Å². The molecule has 2 fully saturated rings. The molecule has 1 aliphatic carbocycles. The highest BCUT2D eigenvalue weighted by Gasteiger charge is 2.47. The van der Waals surface area contributed by atoms with Gasteiger partial charge in [0.05, 0.1) is 43.0 Å². The van der Waals surface area contributed by atoms with Crippen LogP contribution in [0.3, 0.4) is 0 Å². The first-order valence-corrected chi connectivity index (χ1v) is 11.1. The summed E-state index contributed by atoms with van der Waals surface area (Å²) in [5.74, 6) is 0.0288. The van der Waals surface area contributed by atoms with Gasteiger partial charge in [-0.15, -0.1) is 0 Å². The van der Waals surface area contributed by atoms with Gasteiger partial charge in [-0.1, -0.05) is 12.1 Å². The third-order valence-electron chi connectivity index (χ3n) is 6.66. The smallest absolute Gasteiger partial charge is 0.416 e. The monoisotopic (exact) mass is 474 g/mol. The maximum Gasteiger partial charge on any atom is 0.416 e. The molecular weight excluding hydrogens is 449 g/mol. The summed E-state index contributed by atoms with van der Waals surface area (Å²) in [6, 6.07) is 13.9. The molecule has 2 aliphatic rings. The molecule has 1 saturated carbocycles. The van der Waals surface area contributed by atoms with Gasteiger partial charge in [-0.25, -0.2) is 4.68 Å². The van der Waals surface area contributed by atoms with E-state index in [4.69, 9.17) is 19.3 Å². The van der Waals surface area contributed by atoms with Crippen LogP contribution in [-0.4, -0.2) is 41.0 Å². The van der Waals surface area contributed by atoms with Crippen molar-refractivity contribution in [3.8, 4) is 22.7 Å². The molecule has 34 heavy (non-hydrogen) atoms. The van der Waals surface area contributed by atoms with Gasteiger partial charge >= 0.3 is 6.18 Å². The van der Waals surface area contributed by atoms with Crippen molar-refractivity contribution in [3.05, 3.63) is 65.9 Å². The number of aromatic nitrogens is 2. The van der Waals surface area contributed by atoms with Crippen LogP contribution in [-0.2, 0) is 21.3 Å². The molecule has 1 saturated heterocycles. The maximum atomic E-state index is 13.1. The van der Waals surface area contributed by atoms with Gasteiger partial charge in [-0.3, -0.25) is 0 Å². The molecular formula is C25H25F3N2O4. The number of hydrogen-bond acceptors (Lipinski definition) is 5. The molecule has 1 aliphatic heterocycles. The normalized spacial score (nSPS) is 19.4. The lowest BCUT2D eigenvalue weighted by atomic mass is 9.79. The van der Waals surface area contributed by atoms with E-state index in [0.717, 1.165) is 12.1 Å². The molecule has 0 bridgehead atoms. The van der Waals surface area contributed by atoms with Crippen molar-refractivity contribution < 1.29 is 32.5 Å². The van der Waals surface area contributed by atoms with Crippen molar-refractivity contribution in [1.82, 2.24) is 9.78 Å². The number of rotatable bonds is 4. The Hall–Kier alpha value is -2.88. The van der Waals surface area contributed by atoms with E-state index in [-0.39, 0.29) is 0 Å². The topological polar surface area (TPSA) is 65.7 Å². The molecule has 5 rings (SSSR count). The maximum absolute atomic E-state index is 13.1. The Morgan fingerprint density at radius 3 is 2.12 bits per heavy atom. The van der Waals surface area contributed by atoms with Crippen LogP contribution in [0.4, 0.5) is 13.2 Å². The average Bonchev–Trinajstić information content (AvgIpc) is 3.49. The molecule has 0 unspecified atom stereocenters. The van der Waals surface area contributed by atoms with Gasteiger partial charge in [0.25, 0.3) is 0 Å². The number of benzene rings is 2.